The molecule has 0 aliphatic rings. The maximum atomic E-state index is 13.5. The average Bonchev–Trinajstić information content (AvgIpc) is 2.90. The Labute approximate surface area is 225 Å². The van der Waals surface area contributed by atoms with E-state index in [0.29, 0.717) is 27.8 Å². The van der Waals surface area contributed by atoms with Gasteiger partial charge in [0.2, 0.25) is 0 Å². The average molecular weight is 558 g/mol. The standard InChI is InChI=1S/C29H20ClF4NO4/c30-23-15-20(8-10-24(23)31)19-9-11-26(36)22(14-19)27(37)35-25(28(38)39)12-16-4-6-17(7-5-16)18-2-1-3-21(13-18)29(32,33)34/h1-11,13-15,25,36H,12H2,(H,35,37)(H,38,39). The minimum absolute atomic E-state index is 0.127. The summed E-state index contributed by atoms with van der Waals surface area (Å²) in [5.41, 5.74) is 1.30. The van der Waals surface area contributed by atoms with Crippen molar-refractivity contribution in [3.63, 3.8) is 0 Å². The van der Waals surface area contributed by atoms with Gasteiger partial charge in [0, 0.05) is 6.42 Å². The van der Waals surface area contributed by atoms with E-state index in [1.54, 1.807) is 24.3 Å². The van der Waals surface area contributed by atoms with E-state index in [1.807, 2.05) is 0 Å². The van der Waals surface area contributed by atoms with Gasteiger partial charge in [-0.05, 0) is 64.2 Å². The molecule has 0 fully saturated rings. The Hall–Kier alpha value is -4.37. The highest BCUT2D eigenvalue weighted by molar-refractivity contribution is 6.31. The molecule has 39 heavy (non-hydrogen) atoms. The first-order chi connectivity index (χ1) is 18.4. The number of aliphatic carboxylic acids is 1. The molecule has 0 bridgehead atoms. The third kappa shape index (κ3) is 6.56. The van der Waals surface area contributed by atoms with Crippen LogP contribution in [0.3, 0.4) is 0 Å². The topological polar surface area (TPSA) is 86.6 Å². The molecule has 3 N–H and O–H groups in total. The fraction of sp³-hybridized carbons (Fsp3) is 0.103. The van der Waals surface area contributed by atoms with Gasteiger partial charge in [0.1, 0.15) is 17.6 Å². The highest BCUT2D eigenvalue weighted by Crippen LogP contribution is 2.32. The van der Waals surface area contributed by atoms with E-state index in [0.717, 1.165) is 18.2 Å². The van der Waals surface area contributed by atoms with Gasteiger partial charge >= 0.3 is 12.1 Å². The number of halogens is 5. The number of hydrogen-bond donors (Lipinski definition) is 3. The summed E-state index contributed by atoms with van der Waals surface area (Å²) in [6.07, 6.45) is -4.61. The van der Waals surface area contributed by atoms with Crippen molar-refractivity contribution in [1.29, 1.82) is 0 Å². The summed E-state index contributed by atoms with van der Waals surface area (Å²) in [6.45, 7) is 0. The summed E-state index contributed by atoms with van der Waals surface area (Å²) in [4.78, 5) is 24.8. The molecule has 0 aromatic heterocycles. The minimum Gasteiger partial charge on any atom is -0.507 e. The van der Waals surface area contributed by atoms with Gasteiger partial charge in [-0.25, -0.2) is 9.18 Å². The molecular weight excluding hydrogens is 538 g/mol. The number of amides is 1. The van der Waals surface area contributed by atoms with Gasteiger partial charge in [0.05, 0.1) is 16.1 Å². The number of alkyl halides is 3. The first kappa shape index (κ1) is 27.7. The van der Waals surface area contributed by atoms with Gasteiger partial charge in [-0.3, -0.25) is 4.79 Å². The minimum atomic E-state index is -4.48. The van der Waals surface area contributed by atoms with E-state index in [-0.39, 0.29) is 22.8 Å². The van der Waals surface area contributed by atoms with Crippen molar-refractivity contribution in [2.45, 2.75) is 18.6 Å². The number of carbonyl (C=O) groups excluding carboxylic acids is 1. The zero-order chi connectivity index (χ0) is 28.3. The Morgan fingerprint density at radius 1 is 0.846 bits per heavy atom. The third-order valence-corrected chi connectivity index (χ3v) is 6.30. The first-order valence-electron chi connectivity index (χ1n) is 11.5. The van der Waals surface area contributed by atoms with Gasteiger partial charge in [-0.15, -0.1) is 0 Å². The van der Waals surface area contributed by atoms with E-state index < -0.39 is 35.5 Å². The number of rotatable bonds is 7. The van der Waals surface area contributed by atoms with Gasteiger partial charge in [-0.2, -0.15) is 13.2 Å². The maximum Gasteiger partial charge on any atom is 0.416 e. The van der Waals surface area contributed by atoms with Crippen LogP contribution in [0.2, 0.25) is 5.02 Å². The molecule has 4 rings (SSSR count). The summed E-state index contributed by atoms with van der Waals surface area (Å²) < 4.78 is 52.6. The summed E-state index contributed by atoms with van der Waals surface area (Å²) in [7, 11) is 0. The maximum absolute atomic E-state index is 13.5. The highest BCUT2D eigenvalue weighted by Gasteiger charge is 2.30. The number of aromatic hydroxyl groups is 1. The molecule has 4 aromatic carbocycles. The van der Waals surface area contributed by atoms with E-state index in [9.17, 15) is 37.4 Å². The Morgan fingerprint density at radius 2 is 1.46 bits per heavy atom. The van der Waals surface area contributed by atoms with Gasteiger partial charge in [0.15, 0.2) is 0 Å². The molecule has 1 atom stereocenters. The Bertz CT molecular complexity index is 1540. The van der Waals surface area contributed by atoms with Crippen molar-refractivity contribution in [3.05, 3.63) is 112 Å². The van der Waals surface area contributed by atoms with Crippen LogP contribution in [0.5, 0.6) is 5.75 Å². The predicted octanol–water partition coefficient (Wildman–Crippen LogP) is 6.96. The predicted molar refractivity (Wildman–Crippen MR) is 138 cm³/mol. The number of carboxylic acids is 1. The van der Waals surface area contributed by atoms with Crippen LogP contribution < -0.4 is 5.32 Å². The molecule has 0 aliphatic heterocycles. The van der Waals surface area contributed by atoms with Crippen LogP contribution in [0.1, 0.15) is 21.5 Å². The van der Waals surface area contributed by atoms with E-state index in [4.69, 9.17) is 11.6 Å². The molecule has 0 heterocycles. The second-order valence-electron chi connectivity index (χ2n) is 8.70. The van der Waals surface area contributed by atoms with E-state index >= 15 is 0 Å². The van der Waals surface area contributed by atoms with Crippen molar-refractivity contribution >= 4 is 23.5 Å². The number of carboxylic acid groups (broad SMARTS) is 1. The molecule has 0 saturated carbocycles. The lowest BCUT2D eigenvalue weighted by molar-refractivity contribution is -0.139. The monoisotopic (exact) mass is 557 g/mol. The molecule has 4 aromatic rings. The summed E-state index contributed by atoms with van der Waals surface area (Å²) in [5, 5.41) is 22.2. The van der Waals surface area contributed by atoms with Crippen molar-refractivity contribution in [3.8, 4) is 28.0 Å². The zero-order valence-corrected chi connectivity index (χ0v) is 20.7. The second-order valence-corrected chi connectivity index (χ2v) is 9.11. The number of phenolic OH excluding ortho intramolecular Hbond substituents is 1. The Morgan fingerprint density at radius 3 is 2.10 bits per heavy atom. The zero-order valence-electron chi connectivity index (χ0n) is 20.0. The summed E-state index contributed by atoms with van der Waals surface area (Å²) in [5.74, 6) is -3.19. The molecule has 200 valence electrons. The molecular formula is C29H20ClF4NO4. The number of hydrogen-bond acceptors (Lipinski definition) is 3. The lowest BCUT2D eigenvalue weighted by atomic mass is 9.99. The number of phenols is 1. The van der Waals surface area contributed by atoms with Gasteiger partial charge in [0.25, 0.3) is 5.91 Å². The Balaban J connectivity index is 1.51. The smallest absolute Gasteiger partial charge is 0.416 e. The van der Waals surface area contributed by atoms with Gasteiger partial charge < -0.3 is 15.5 Å². The molecule has 10 heteroatoms. The normalized spacial score (nSPS) is 12.1. The van der Waals surface area contributed by atoms with Crippen LogP contribution in [0.25, 0.3) is 22.3 Å². The molecule has 1 unspecified atom stereocenters. The van der Waals surface area contributed by atoms with Crippen LogP contribution in [-0.4, -0.2) is 28.1 Å². The lowest BCUT2D eigenvalue weighted by Crippen LogP contribution is -2.42. The molecule has 0 aliphatic carbocycles. The van der Waals surface area contributed by atoms with E-state index in [1.165, 1.54) is 42.5 Å². The van der Waals surface area contributed by atoms with Gasteiger partial charge in [-0.1, -0.05) is 60.1 Å². The van der Waals surface area contributed by atoms with Crippen molar-refractivity contribution < 1.29 is 37.4 Å². The second kappa shape index (κ2) is 11.2. The molecule has 0 saturated heterocycles. The third-order valence-electron chi connectivity index (χ3n) is 6.01. The van der Waals surface area contributed by atoms with Crippen LogP contribution in [0.4, 0.5) is 17.6 Å². The van der Waals surface area contributed by atoms with Crippen LogP contribution in [0.15, 0.2) is 84.9 Å². The number of benzene rings is 4. The lowest BCUT2D eigenvalue weighted by Gasteiger charge is -2.16. The molecule has 1 amide bonds. The van der Waals surface area contributed by atoms with Crippen molar-refractivity contribution in [1.82, 2.24) is 5.32 Å². The number of carbonyl (C=O) groups is 2. The van der Waals surface area contributed by atoms with Crippen LogP contribution in [-0.2, 0) is 17.4 Å². The van der Waals surface area contributed by atoms with Crippen LogP contribution in [0, 0.1) is 5.82 Å². The van der Waals surface area contributed by atoms with E-state index in [2.05, 4.69) is 5.32 Å². The molecule has 0 radical (unpaired) electrons. The quantitative estimate of drug-likeness (QED) is 0.214. The van der Waals surface area contributed by atoms with Crippen molar-refractivity contribution in [2.24, 2.45) is 0 Å². The van der Waals surface area contributed by atoms with Crippen molar-refractivity contribution in [2.75, 3.05) is 0 Å². The largest absolute Gasteiger partial charge is 0.507 e. The summed E-state index contributed by atoms with van der Waals surface area (Å²) >= 11 is 5.83. The first-order valence-corrected chi connectivity index (χ1v) is 11.9. The fourth-order valence-electron chi connectivity index (χ4n) is 3.95. The van der Waals surface area contributed by atoms with Crippen LogP contribution >= 0.6 is 11.6 Å². The summed E-state index contributed by atoms with van der Waals surface area (Å²) in [6, 6.07) is 17.7. The molecule has 5 nitrogen and oxygen atoms in total. The molecule has 0 spiro atoms. The highest BCUT2D eigenvalue weighted by atomic mass is 35.5. The fourth-order valence-corrected chi connectivity index (χ4v) is 4.13. The Kier molecular flexibility index (Phi) is 7.92. The SMILES string of the molecule is O=C(NC(Cc1ccc(-c2cccc(C(F)(F)F)c2)cc1)C(=O)O)c1cc(-c2ccc(F)c(Cl)c2)ccc1O. The number of nitrogens with one attached hydrogen (secondary N) is 1.